The third-order valence-corrected chi connectivity index (χ3v) is 6.92. The number of carbonyl (C=O) groups excluding carboxylic acids is 1. The van der Waals surface area contributed by atoms with Crippen molar-refractivity contribution in [1.82, 2.24) is 25.1 Å². The second kappa shape index (κ2) is 7.55. The third kappa shape index (κ3) is 3.43. The molecule has 1 amide bonds. The molecule has 2 N–H and O–H groups in total. The first-order chi connectivity index (χ1) is 15.6. The molecule has 0 atom stereocenters. The summed E-state index contributed by atoms with van der Waals surface area (Å²) in [6.45, 7) is 8.09. The van der Waals surface area contributed by atoms with Crippen LogP contribution >= 0.6 is 0 Å². The lowest BCUT2D eigenvalue weighted by Gasteiger charge is -2.60. The number of fused-ring (bicyclic) bond motifs is 1. The monoisotopic (exact) mass is 428 g/mol. The number of aryl methyl sites for hydroxylation is 1. The summed E-state index contributed by atoms with van der Waals surface area (Å²) in [7, 11) is 0. The summed E-state index contributed by atoms with van der Waals surface area (Å²) in [6.07, 6.45) is 2.22. The fourth-order valence-corrected chi connectivity index (χ4v) is 5.75. The van der Waals surface area contributed by atoms with E-state index in [0.717, 1.165) is 67.4 Å². The van der Waals surface area contributed by atoms with Crippen molar-refractivity contribution in [3.63, 3.8) is 0 Å². The van der Waals surface area contributed by atoms with E-state index in [1.54, 1.807) is 0 Å². The quantitative estimate of drug-likeness (QED) is 0.484. The summed E-state index contributed by atoms with van der Waals surface area (Å²) in [5.41, 5.74) is 8.14. The van der Waals surface area contributed by atoms with Gasteiger partial charge in [-0.05, 0) is 24.1 Å². The number of benzene rings is 2. The molecule has 7 rings (SSSR count). The molecule has 164 valence electrons. The van der Waals surface area contributed by atoms with Crippen LogP contribution < -0.4 is 5.43 Å². The smallest absolute Gasteiger partial charge is 0.244 e. The number of carbonyl (C=O) groups is 1. The lowest BCUT2D eigenvalue weighted by atomic mass is 9.74. The molecule has 1 aromatic heterocycles. The maximum absolute atomic E-state index is 12.9. The first kappa shape index (κ1) is 19.7. The number of rotatable bonds is 5. The van der Waals surface area contributed by atoms with E-state index in [0.29, 0.717) is 6.42 Å². The van der Waals surface area contributed by atoms with Crippen LogP contribution in [0.25, 0.3) is 10.9 Å². The largest absolute Gasteiger partial charge is 0.361 e. The van der Waals surface area contributed by atoms with Gasteiger partial charge in [0.1, 0.15) is 0 Å². The maximum Gasteiger partial charge on any atom is 0.244 e. The molecule has 4 saturated heterocycles. The normalized spacial score (nSPS) is 28.9. The minimum Gasteiger partial charge on any atom is -0.361 e. The van der Waals surface area contributed by atoms with Gasteiger partial charge in [0.05, 0.1) is 37.6 Å². The lowest BCUT2D eigenvalue weighted by molar-refractivity contribution is -0.149. The minimum absolute atomic E-state index is 0.0926. The van der Waals surface area contributed by atoms with Crippen LogP contribution in [-0.2, 0) is 11.2 Å². The van der Waals surface area contributed by atoms with Crippen LogP contribution in [0.5, 0.6) is 0 Å². The molecule has 0 aliphatic carbocycles. The number of hydrogen-bond acceptors (Lipinski definition) is 5. The van der Waals surface area contributed by atoms with E-state index in [1.165, 1.54) is 5.56 Å². The van der Waals surface area contributed by atoms with E-state index >= 15 is 0 Å². The van der Waals surface area contributed by atoms with Gasteiger partial charge >= 0.3 is 0 Å². The highest BCUT2D eigenvalue weighted by molar-refractivity contribution is 6.06. The van der Waals surface area contributed by atoms with Crippen molar-refractivity contribution in [3.05, 3.63) is 71.4 Å². The molecular formula is C25H28N6O. The molecule has 2 aromatic carbocycles. The van der Waals surface area contributed by atoms with Crippen LogP contribution in [0.4, 0.5) is 0 Å². The first-order valence-electron chi connectivity index (χ1n) is 11.2. The van der Waals surface area contributed by atoms with Crippen molar-refractivity contribution >= 4 is 22.5 Å². The summed E-state index contributed by atoms with van der Waals surface area (Å²) in [5.74, 6) is -0.0926. The maximum atomic E-state index is 12.9. The number of aromatic amines is 1. The van der Waals surface area contributed by atoms with Crippen molar-refractivity contribution in [3.8, 4) is 0 Å². The number of H-pyrrole nitrogens is 1. The van der Waals surface area contributed by atoms with Gasteiger partial charge in [0.25, 0.3) is 0 Å². The predicted octanol–water partition coefficient (Wildman–Crippen LogP) is 2.35. The number of nitrogens with one attached hydrogen (secondary N) is 2. The number of hydrogen-bond donors (Lipinski definition) is 2. The lowest BCUT2D eigenvalue weighted by Crippen LogP contribution is -2.74. The van der Waals surface area contributed by atoms with E-state index < -0.39 is 0 Å². The molecule has 0 spiro atoms. The van der Waals surface area contributed by atoms with Crippen LogP contribution in [0.2, 0.25) is 0 Å². The Kier molecular flexibility index (Phi) is 4.64. The van der Waals surface area contributed by atoms with Crippen LogP contribution in [0, 0.1) is 12.3 Å². The van der Waals surface area contributed by atoms with Gasteiger partial charge in [0.2, 0.25) is 5.91 Å². The van der Waals surface area contributed by atoms with E-state index in [9.17, 15) is 4.79 Å². The van der Waals surface area contributed by atoms with Gasteiger partial charge in [-0.15, -0.1) is 0 Å². The Morgan fingerprint density at radius 2 is 1.66 bits per heavy atom. The molecule has 4 bridgehead atoms. The zero-order valence-electron chi connectivity index (χ0n) is 18.3. The summed E-state index contributed by atoms with van der Waals surface area (Å²) in [6, 6.07) is 16.6. The molecule has 5 heterocycles. The van der Waals surface area contributed by atoms with Crippen molar-refractivity contribution in [2.45, 2.75) is 13.3 Å². The number of nitrogens with zero attached hydrogens (tertiary/aromatic N) is 4. The van der Waals surface area contributed by atoms with Crippen LogP contribution in [0.1, 0.15) is 16.7 Å². The zero-order valence-corrected chi connectivity index (χ0v) is 18.3. The third-order valence-electron chi connectivity index (χ3n) is 6.92. The van der Waals surface area contributed by atoms with E-state index in [1.807, 2.05) is 30.5 Å². The van der Waals surface area contributed by atoms with Crippen LogP contribution in [0.3, 0.4) is 0 Å². The minimum atomic E-state index is -0.0991. The van der Waals surface area contributed by atoms with Crippen molar-refractivity contribution in [2.24, 2.45) is 10.5 Å². The Morgan fingerprint density at radius 3 is 2.34 bits per heavy atom. The second-order valence-corrected chi connectivity index (χ2v) is 9.59. The highest BCUT2D eigenvalue weighted by atomic mass is 16.2. The molecule has 3 aromatic rings. The Bertz CT molecular complexity index is 1160. The average Bonchev–Trinajstić information content (AvgIpc) is 3.17. The first-order valence-corrected chi connectivity index (χ1v) is 11.2. The highest BCUT2D eigenvalue weighted by Crippen LogP contribution is 2.38. The topological polar surface area (TPSA) is 67.0 Å². The standard InChI is InChI=1S/C25H28N6O/c1-18-6-8-19(9-7-18)24(25-12-29-15-30(13-25)17-31(14-25)16-29)28-27-23(32)10-20-11-26-22-5-3-2-4-21(20)22/h2-9,11,26H,10,12-17H2,1H3,(H,27,32)/b28-24-. The predicted molar refractivity (Wildman–Crippen MR) is 125 cm³/mol. The second-order valence-electron chi connectivity index (χ2n) is 9.59. The molecule has 4 aliphatic rings. The summed E-state index contributed by atoms with van der Waals surface area (Å²) < 4.78 is 0. The van der Waals surface area contributed by atoms with E-state index in [4.69, 9.17) is 5.10 Å². The summed E-state index contributed by atoms with van der Waals surface area (Å²) in [5, 5.41) is 5.88. The molecule has 4 aliphatic heterocycles. The Balaban J connectivity index is 1.30. The molecule has 4 fully saturated rings. The van der Waals surface area contributed by atoms with Gasteiger partial charge in [0, 0.05) is 36.7 Å². The Labute approximate surface area is 187 Å². The molecule has 7 nitrogen and oxygen atoms in total. The van der Waals surface area contributed by atoms with Gasteiger partial charge in [0.15, 0.2) is 0 Å². The number of amides is 1. The molecule has 0 unspecified atom stereocenters. The van der Waals surface area contributed by atoms with Crippen molar-refractivity contribution in [2.75, 3.05) is 39.6 Å². The number of aromatic nitrogens is 1. The molecule has 0 saturated carbocycles. The molecule has 32 heavy (non-hydrogen) atoms. The molecule has 7 heteroatoms. The van der Waals surface area contributed by atoms with Crippen molar-refractivity contribution in [1.29, 1.82) is 0 Å². The SMILES string of the molecule is Cc1ccc(/C(=N/NC(=O)Cc2c[nH]c3ccccc23)C23CN4CN(CN(C4)C2)C3)cc1. The van der Waals surface area contributed by atoms with E-state index in [-0.39, 0.29) is 11.3 Å². The van der Waals surface area contributed by atoms with Crippen LogP contribution in [-0.4, -0.2) is 70.9 Å². The fourth-order valence-electron chi connectivity index (χ4n) is 5.75. The van der Waals surface area contributed by atoms with Gasteiger partial charge in [-0.2, -0.15) is 5.10 Å². The number of para-hydroxylation sites is 1. The highest BCUT2D eigenvalue weighted by Gasteiger charge is 2.51. The fraction of sp³-hybridized carbons (Fsp3) is 0.360. The summed E-state index contributed by atoms with van der Waals surface area (Å²) >= 11 is 0. The molecular weight excluding hydrogens is 400 g/mol. The number of hydrazone groups is 1. The Morgan fingerprint density at radius 1 is 1.00 bits per heavy atom. The Hall–Kier alpha value is -3.00. The van der Waals surface area contributed by atoms with Gasteiger partial charge in [-0.25, -0.2) is 5.43 Å². The van der Waals surface area contributed by atoms with Gasteiger partial charge in [-0.3, -0.25) is 19.5 Å². The van der Waals surface area contributed by atoms with Crippen molar-refractivity contribution < 1.29 is 4.79 Å². The zero-order chi connectivity index (χ0) is 21.7. The average molecular weight is 429 g/mol. The van der Waals surface area contributed by atoms with E-state index in [2.05, 4.69) is 56.3 Å². The van der Waals surface area contributed by atoms with Gasteiger partial charge in [-0.1, -0.05) is 48.0 Å². The van der Waals surface area contributed by atoms with Gasteiger partial charge < -0.3 is 4.98 Å². The summed E-state index contributed by atoms with van der Waals surface area (Å²) in [4.78, 5) is 23.6. The van der Waals surface area contributed by atoms with Crippen LogP contribution in [0.15, 0.2) is 59.8 Å². The molecule has 0 radical (unpaired) electrons.